The maximum absolute atomic E-state index is 13.5. The Bertz CT molecular complexity index is 1460. The van der Waals surface area contributed by atoms with Crippen molar-refractivity contribution in [2.75, 3.05) is 34.5 Å². The van der Waals surface area contributed by atoms with E-state index in [1.165, 1.54) is 13.4 Å². The van der Waals surface area contributed by atoms with Gasteiger partial charge in [-0.2, -0.15) is 0 Å². The second kappa shape index (κ2) is 13.4. The monoisotopic (exact) mass is 560 g/mol. The maximum Gasteiger partial charge on any atom is 0.340 e. The minimum atomic E-state index is -0.587. The van der Waals surface area contributed by atoms with Crippen LogP contribution in [0.25, 0.3) is 6.08 Å². The molecule has 2 amide bonds. The second-order valence-corrected chi connectivity index (χ2v) is 9.12. The van der Waals surface area contributed by atoms with Gasteiger partial charge in [0.05, 0.1) is 45.3 Å². The lowest BCUT2D eigenvalue weighted by atomic mass is 10.0. The maximum atomic E-state index is 13.5. The van der Waals surface area contributed by atoms with Crippen LogP contribution < -0.4 is 19.5 Å². The number of hydrogen-bond acceptors (Lipinski definition) is 8. The molecular formula is C31H32N2O8. The number of carbonyl (C=O) groups is 3. The van der Waals surface area contributed by atoms with Gasteiger partial charge in [0, 0.05) is 12.2 Å². The number of hydrogen-bond donors (Lipinski definition) is 1. The van der Waals surface area contributed by atoms with E-state index < -0.39 is 5.97 Å². The molecule has 1 aliphatic heterocycles. The number of benzene rings is 2. The van der Waals surface area contributed by atoms with Gasteiger partial charge in [-0.3, -0.25) is 9.59 Å². The molecule has 4 rings (SSSR count). The molecular weight excluding hydrogens is 528 g/mol. The number of nitrogens with zero attached hydrogens (tertiary/aromatic N) is 1. The van der Waals surface area contributed by atoms with Gasteiger partial charge >= 0.3 is 5.97 Å². The fraction of sp³-hybridized carbons (Fsp3) is 0.258. The van der Waals surface area contributed by atoms with E-state index in [-0.39, 0.29) is 36.1 Å². The number of allylic oxidation sites excluding steroid dienone is 1. The largest absolute Gasteiger partial charge is 0.493 e. The zero-order valence-electron chi connectivity index (χ0n) is 23.4. The molecule has 0 radical (unpaired) electrons. The van der Waals surface area contributed by atoms with Gasteiger partial charge in [-0.05, 0) is 66.9 Å². The fourth-order valence-electron chi connectivity index (χ4n) is 4.40. The first-order chi connectivity index (χ1) is 19.8. The Labute approximate surface area is 238 Å². The zero-order chi connectivity index (χ0) is 29.4. The van der Waals surface area contributed by atoms with Gasteiger partial charge in [0.25, 0.3) is 11.8 Å². The smallest absolute Gasteiger partial charge is 0.340 e. The average Bonchev–Trinajstić information content (AvgIpc) is 3.60. The normalized spacial score (nSPS) is 13.9. The first-order valence-electron chi connectivity index (χ1n) is 12.9. The first-order valence-corrected chi connectivity index (χ1v) is 12.9. The molecule has 214 valence electrons. The number of methoxy groups -OCH3 is 3. The number of nitrogens with one attached hydrogen (secondary N) is 1. The lowest BCUT2D eigenvalue weighted by Crippen LogP contribution is -2.28. The van der Waals surface area contributed by atoms with Crippen LogP contribution in [0, 0.1) is 0 Å². The number of furan rings is 1. The predicted octanol–water partition coefficient (Wildman–Crippen LogP) is 3.91. The fourth-order valence-corrected chi connectivity index (χ4v) is 4.40. The number of carbonyl (C=O) groups excluding carboxylic acids is 3. The third-order valence-electron chi connectivity index (χ3n) is 6.57. The van der Waals surface area contributed by atoms with Crippen LogP contribution in [-0.4, -0.2) is 57.2 Å². The Morgan fingerprint density at radius 1 is 1.00 bits per heavy atom. The van der Waals surface area contributed by atoms with Crippen molar-refractivity contribution in [3.8, 4) is 17.2 Å². The van der Waals surface area contributed by atoms with E-state index in [4.69, 9.17) is 23.4 Å². The molecule has 41 heavy (non-hydrogen) atoms. The Morgan fingerprint density at radius 2 is 1.76 bits per heavy atom. The molecule has 2 aromatic carbocycles. The molecule has 10 nitrogen and oxygen atoms in total. The van der Waals surface area contributed by atoms with E-state index in [1.807, 2.05) is 18.2 Å². The van der Waals surface area contributed by atoms with Crippen LogP contribution in [-0.2, 0) is 32.1 Å². The van der Waals surface area contributed by atoms with E-state index in [9.17, 15) is 14.4 Å². The standard InChI is InChI=1S/C31H32N2O8/c1-20-29(31(36)39-4)25(30(35)33(20)14-13-22-9-12-26(37-2)27(17-22)38-3)16-21-7-10-23(11-8-21)41-19-28(34)32-18-24-6-5-15-40-24/h5-12,15-17H,13-14,18-19H2,1-4H3,(H,32,34)/b25-16-. The summed E-state index contributed by atoms with van der Waals surface area (Å²) >= 11 is 0. The number of amides is 2. The van der Waals surface area contributed by atoms with Crippen molar-refractivity contribution in [2.24, 2.45) is 0 Å². The van der Waals surface area contributed by atoms with E-state index in [1.54, 1.807) is 68.5 Å². The summed E-state index contributed by atoms with van der Waals surface area (Å²) in [4.78, 5) is 39.8. The Balaban J connectivity index is 1.43. The molecule has 0 spiro atoms. The summed E-state index contributed by atoms with van der Waals surface area (Å²) in [5.41, 5.74) is 2.62. The molecule has 3 aromatic rings. The molecule has 1 aromatic heterocycles. The molecule has 1 aliphatic rings. The highest BCUT2D eigenvalue weighted by atomic mass is 16.5. The summed E-state index contributed by atoms with van der Waals surface area (Å²) in [5, 5.41) is 2.71. The van der Waals surface area contributed by atoms with Crippen molar-refractivity contribution in [3.05, 3.63) is 94.6 Å². The summed E-state index contributed by atoms with van der Waals surface area (Å²) in [6.45, 7) is 2.19. The lowest BCUT2D eigenvalue weighted by Gasteiger charge is -2.18. The van der Waals surface area contributed by atoms with Crippen molar-refractivity contribution >= 4 is 23.9 Å². The van der Waals surface area contributed by atoms with Gasteiger partial charge in [-0.1, -0.05) is 18.2 Å². The van der Waals surface area contributed by atoms with E-state index in [2.05, 4.69) is 5.32 Å². The van der Waals surface area contributed by atoms with E-state index in [0.29, 0.717) is 47.2 Å². The van der Waals surface area contributed by atoms with Gasteiger partial charge in [-0.25, -0.2) is 4.79 Å². The highest BCUT2D eigenvalue weighted by Gasteiger charge is 2.36. The summed E-state index contributed by atoms with van der Waals surface area (Å²) < 4.78 is 26.4. The predicted molar refractivity (Wildman–Crippen MR) is 150 cm³/mol. The van der Waals surface area contributed by atoms with Gasteiger partial charge in [0.2, 0.25) is 0 Å². The summed E-state index contributed by atoms with van der Waals surface area (Å²) in [6.07, 6.45) is 3.72. The van der Waals surface area contributed by atoms with Crippen molar-refractivity contribution in [1.82, 2.24) is 10.2 Å². The highest BCUT2D eigenvalue weighted by molar-refractivity contribution is 6.16. The molecule has 10 heteroatoms. The topological polar surface area (TPSA) is 117 Å². The van der Waals surface area contributed by atoms with Gasteiger partial charge in [0.1, 0.15) is 11.5 Å². The summed E-state index contributed by atoms with van der Waals surface area (Å²) in [7, 11) is 4.42. The molecule has 0 saturated heterocycles. The molecule has 0 atom stereocenters. The quantitative estimate of drug-likeness (QED) is 0.262. The molecule has 1 N–H and O–H groups in total. The highest BCUT2D eigenvalue weighted by Crippen LogP contribution is 2.33. The first kappa shape index (κ1) is 29.0. The molecule has 0 aliphatic carbocycles. The van der Waals surface area contributed by atoms with Crippen LogP contribution in [0.5, 0.6) is 17.2 Å². The molecule has 0 fully saturated rings. The second-order valence-electron chi connectivity index (χ2n) is 9.12. The van der Waals surface area contributed by atoms with Crippen LogP contribution >= 0.6 is 0 Å². The Morgan fingerprint density at radius 3 is 2.41 bits per heavy atom. The van der Waals surface area contributed by atoms with Gasteiger partial charge in [0.15, 0.2) is 18.1 Å². The lowest BCUT2D eigenvalue weighted by molar-refractivity contribution is -0.136. The third kappa shape index (κ3) is 6.96. The van der Waals surface area contributed by atoms with Crippen LogP contribution in [0.15, 0.2) is 82.1 Å². The SMILES string of the molecule is COC(=O)C1=C(C)N(CCc2ccc(OC)c(OC)c2)C(=O)/C1=C\c1ccc(OCC(=O)NCc2ccco2)cc1. The number of esters is 1. The van der Waals surface area contributed by atoms with Crippen LogP contribution in [0.2, 0.25) is 0 Å². The number of rotatable bonds is 12. The zero-order valence-corrected chi connectivity index (χ0v) is 23.4. The van der Waals surface area contributed by atoms with Crippen molar-refractivity contribution in [1.29, 1.82) is 0 Å². The Hall–Kier alpha value is -4.99. The third-order valence-corrected chi connectivity index (χ3v) is 6.57. The summed E-state index contributed by atoms with van der Waals surface area (Å²) in [5.74, 6) is 1.17. The van der Waals surface area contributed by atoms with Gasteiger partial charge < -0.3 is 33.6 Å². The summed E-state index contributed by atoms with van der Waals surface area (Å²) in [6, 6.07) is 16.0. The van der Waals surface area contributed by atoms with Crippen LogP contribution in [0.3, 0.4) is 0 Å². The number of ether oxygens (including phenoxy) is 4. The average molecular weight is 561 g/mol. The molecule has 2 heterocycles. The van der Waals surface area contributed by atoms with Crippen molar-refractivity contribution in [2.45, 2.75) is 19.9 Å². The Kier molecular flexibility index (Phi) is 9.47. The minimum Gasteiger partial charge on any atom is -0.493 e. The molecule has 0 bridgehead atoms. The van der Waals surface area contributed by atoms with E-state index in [0.717, 1.165) is 5.56 Å². The van der Waals surface area contributed by atoms with Crippen LogP contribution in [0.1, 0.15) is 23.8 Å². The minimum absolute atomic E-state index is 0.164. The van der Waals surface area contributed by atoms with Crippen LogP contribution in [0.4, 0.5) is 0 Å². The molecule has 0 unspecified atom stereocenters. The van der Waals surface area contributed by atoms with Crippen molar-refractivity contribution in [3.63, 3.8) is 0 Å². The van der Waals surface area contributed by atoms with Crippen molar-refractivity contribution < 1.29 is 37.7 Å². The molecule has 0 saturated carbocycles. The van der Waals surface area contributed by atoms with E-state index >= 15 is 0 Å². The van der Waals surface area contributed by atoms with Gasteiger partial charge in [-0.15, -0.1) is 0 Å².